The summed E-state index contributed by atoms with van der Waals surface area (Å²) in [6.45, 7) is 0.215. The lowest BCUT2D eigenvalue weighted by atomic mass is 9.93. The zero-order valence-electron chi connectivity index (χ0n) is 13.2. The van der Waals surface area contributed by atoms with Gasteiger partial charge in [-0.2, -0.15) is 0 Å². The highest BCUT2D eigenvalue weighted by Gasteiger charge is 2.18. The number of ether oxygens (including phenoxy) is 2. The molecule has 0 aliphatic heterocycles. The minimum absolute atomic E-state index is 0.0556. The Morgan fingerprint density at radius 3 is 2.78 bits per heavy atom. The molecule has 1 unspecified atom stereocenters. The van der Waals surface area contributed by atoms with Gasteiger partial charge in [-0.1, -0.05) is 18.2 Å². The molecular weight excluding hydrogens is 296 g/mol. The van der Waals surface area contributed by atoms with Crippen molar-refractivity contribution in [2.24, 2.45) is 11.7 Å². The smallest absolute Gasteiger partial charge is 0.255 e. The molecule has 2 rings (SSSR count). The summed E-state index contributed by atoms with van der Waals surface area (Å²) in [5.41, 5.74) is 5.95. The van der Waals surface area contributed by atoms with Crippen LogP contribution in [0.3, 0.4) is 0 Å². The van der Waals surface area contributed by atoms with E-state index in [1.165, 1.54) is 7.11 Å². The molecule has 1 aliphatic rings. The van der Waals surface area contributed by atoms with E-state index in [0.717, 1.165) is 24.8 Å². The van der Waals surface area contributed by atoms with Crippen molar-refractivity contribution in [1.82, 2.24) is 5.32 Å². The highest BCUT2D eigenvalue weighted by molar-refractivity contribution is 5.79. The second-order valence-electron chi connectivity index (χ2n) is 5.44. The Kier molecular flexibility index (Phi) is 6.02. The van der Waals surface area contributed by atoms with E-state index in [1.807, 2.05) is 6.07 Å². The Morgan fingerprint density at radius 1 is 1.30 bits per heavy atom. The summed E-state index contributed by atoms with van der Waals surface area (Å²) in [5, 5.41) is 2.95. The van der Waals surface area contributed by atoms with Gasteiger partial charge in [0.05, 0.1) is 7.11 Å². The zero-order chi connectivity index (χ0) is 16.7. The molecule has 1 atom stereocenters. The summed E-state index contributed by atoms with van der Waals surface area (Å²) in [5.74, 6) is 0.518. The number of rotatable bonds is 7. The van der Waals surface area contributed by atoms with Crippen molar-refractivity contribution in [2.45, 2.75) is 25.8 Å². The minimum Gasteiger partial charge on any atom is -0.493 e. The molecule has 0 saturated carbocycles. The number of carbonyl (C=O) groups is 2. The maximum atomic E-state index is 12.1. The van der Waals surface area contributed by atoms with Crippen molar-refractivity contribution in [2.75, 3.05) is 13.7 Å². The SMILES string of the molecule is COc1cc(CNC(=O)C2CC=CCC2)ccc1OCC(N)=O. The molecule has 6 nitrogen and oxygen atoms in total. The number of primary amides is 1. The molecule has 0 radical (unpaired) electrons. The number of allylic oxidation sites excluding steroid dienone is 2. The van der Waals surface area contributed by atoms with Gasteiger partial charge in [0, 0.05) is 12.5 Å². The van der Waals surface area contributed by atoms with E-state index in [-0.39, 0.29) is 18.4 Å². The lowest BCUT2D eigenvalue weighted by molar-refractivity contribution is -0.125. The van der Waals surface area contributed by atoms with Gasteiger partial charge >= 0.3 is 0 Å². The van der Waals surface area contributed by atoms with E-state index < -0.39 is 5.91 Å². The molecule has 0 spiro atoms. The molecule has 124 valence electrons. The summed E-state index contributed by atoms with van der Waals surface area (Å²) in [4.78, 5) is 22.9. The number of nitrogens with two attached hydrogens (primary N) is 1. The van der Waals surface area contributed by atoms with Crippen LogP contribution in [0.5, 0.6) is 11.5 Å². The van der Waals surface area contributed by atoms with E-state index in [1.54, 1.807) is 12.1 Å². The first-order valence-electron chi connectivity index (χ1n) is 7.61. The lowest BCUT2D eigenvalue weighted by Gasteiger charge is -2.17. The van der Waals surface area contributed by atoms with Crippen molar-refractivity contribution >= 4 is 11.8 Å². The third-order valence-corrected chi connectivity index (χ3v) is 3.70. The molecule has 1 aromatic carbocycles. The fourth-order valence-electron chi connectivity index (χ4n) is 2.46. The zero-order valence-corrected chi connectivity index (χ0v) is 13.2. The van der Waals surface area contributed by atoms with Crippen LogP contribution in [0.4, 0.5) is 0 Å². The predicted molar refractivity (Wildman–Crippen MR) is 86.0 cm³/mol. The number of hydrogen-bond acceptors (Lipinski definition) is 4. The van der Waals surface area contributed by atoms with Crippen LogP contribution in [0.1, 0.15) is 24.8 Å². The fourth-order valence-corrected chi connectivity index (χ4v) is 2.46. The van der Waals surface area contributed by atoms with Gasteiger partial charge in [0.25, 0.3) is 5.91 Å². The molecule has 6 heteroatoms. The van der Waals surface area contributed by atoms with Gasteiger partial charge < -0.3 is 20.5 Å². The number of methoxy groups -OCH3 is 1. The monoisotopic (exact) mass is 318 g/mol. The van der Waals surface area contributed by atoms with Gasteiger partial charge in [0.1, 0.15) is 0 Å². The van der Waals surface area contributed by atoms with Gasteiger partial charge in [0.15, 0.2) is 18.1 Å². The molecular formula is C17H22N2O4. The van der Waals surface area contributed by atoms with Gasteiger partial charge in [-0.25, -0.2) is 0 Å². The van der Waals surface area contributed by atoms with Crippen LogP contribution >= 0.6 is 0 Å². The first-order chi connectivity index (χ1) is 11.1. The van der Waals surface area contributed by atoms with Crippen LogP contribution in [-0.4, -0.2) is 25.5 Å². The van der Waals surface area contributed by atoms with Crippen molar-refractivity contribution in [3.8, 4) is 11.5 Å². The van der Waals surface area contributed by atoms with Crippen LogP contribution in [0.2, 0.25) is 0 Å². The third kappa shape index (κ3) is 5.02. The maximum absolute atomic E-state index is 12.1. The normalized spacial score (nSPS) is 16.7. The summed E-state index contributed by atoms with van der Waals surface area (Å²) >= 11 is 0. The predicted octanol–water partition coefficient (Wildman–Crippen LogP) is 1.53. The van der Waals surface area contributed by atoms with E-state index in [9.17, 15) is 9.59 Å². The van der Waals surface area contributed by atoms with Crippen LogP contribution in [0, 0.1) is 5.92 Å². The standard InChI is InChI=1S/C17H22N2O4/c1-22-15-9-12(7-8-14(15)23-11-16(18)20)10-19-17(21)13-5-3-2-4-6-13/h2-3,7-9,13H,4-6,10-11H2,1H3,(H2,18,20)(H,19,21). The molecule has 0 heterocycles. The summed E-state index contributed by atoms with van der Waals surface area (Å²) in [6.07, 6.45) is 6.82. The molecule has 0 bridgehead atoms. The Labute approximate surface area is 135 Å². The topological polar surface area (TPSA) is 90.7 Å². The molecule has 1 aliphatic carbocycles. The highest BCUT2D eigenvalue weighted by atomic mass is 16.5. The lowest BCUT2D eigenvalue weighted by Crippen LogP contribution is -2.30. The van der Waals surface area contributed by atoms with E-state index in [4.69, 9.17) is 15.2 Å². The van der Waals surface area contributed by atoms with Gasteiger partial charge in [0.2, 0.25) is 5.91 Å². The molecule has 2 amide bonds. The number of carbonyl (C=O) groups excluding carboxylic acids is 2. The fraction of sp³-hybridized carbons (Fsp3) is 0.412. The van der Waals surface area contributed by atoms with Crippen molar-refractivity contribution in [3.05, 3.63) is 35.9 Å². The van der Waals surface area contributed by atoms with Gasteiger partial charge in [-0.15, -0.1) is 0 Å². The number of nitrogens with one attached hydrogen (secondary N) is 1. The van der Waals surface area contributed by atoms with Crippen LogP contribution < -0.4 is 20.5 Å². The minimum atomic E-state index is -0.551. The second kappa shape index (κ2) is 8.22. The summed E-state index contributed by atoms with van der Waals surface area (Å²) in [6, 6.07) is 5.30. The van der Waals surface area contributed by atoms with E-state index in [2.05, 4.69) is 17.5 Å². The first-order valence-corrected chi connectivity index (χ1v) is 7.61. The van der Waals surface area contributed by atoms with Crippen molar-refractivity contribution < 1.29 is 19.1 Å². The Bertz CT molecular complexity index is 598. The van der Waals surface area contributed by atoms with Gasteiger partial charge in [-0.05, 0) is 37.0 Å². The average molecular weight is 318 g/mol. The van der Waals surface area contributed by atoms with Crippen LogP contribution in [0.25, 0.3) is 0 Å². The van der Waals surface area contributed by atoms with Crippen molar-refractivity contribution in [3.63, 3.8) is 0 Å². The Hall–Kier alpha value is -2.50. The molecule has 0 aromatic heterocycles. The largest absolute Gasteiger partial charge is 0.493 e. The quantitative estimate of drug-likeness (QED) is 0.746. The molecule has 0 saturated heterocycles. The van der Waals surface area contributed by atoms with Gasteiger partial charge in [-0.3, -0.25) is 9.59 Å². The maximum Gasteiger partial charge on any atom is 0.255 e. The Morgan fingerprint density at radius 2 is 2.13 bits per heavy atom. The molecule has 0 fully saturated rings. The molecule has 3 N–H and O–H groups in total. The number of benzene rings is 1. The highest BCUT2D eigenvalue weighted by Crippen LogP contribution is 2.28. The molecule has 23 heavy (non-hydrogen) atoms. The number of amides is 2. The first kappa shape index (κ1) is 16.9. The van der Waals surface area contributed by atoms with Crippen LogP contribution in [-0.2, 0) is 16.1 Å². The average Bonchev–Trinajstić information content (AvgIpc) is 2.58. The molecule has 1 aromatic rings. The second-order valence-corrected chi connectivity index (χ2v) is 5.44. The van der Waals surface area contributed by atoms with E-state index in [0.29, 0.717) is 18.0 Å². The van der Waals surface area contributed by atoms with Crippen LogP contribution in [0.15, 0.2) is 30.4 Å². The summed E-state index contributed by atoms with van der Waals surface area (Å²) in [7, 11) is 1.52. The summed E-state index contributed by atoms with van der Waals surface area (Å²) < 4.78 is 10.5. The number of hydrogen-bond donors (Lipinski definition) is 2. The Balaban J connectivity index is 1.93. The third-order valence-electron chi connectivity index (χ3n) is 3.70. The van der Waals surface area contributed by atoms with Crippen molar-refractivity contribution in [1.29, 1.82) is 0 Å². The van der Waals surface area contributed by atoms with E-state index >= 15 is 0 Å².